The first-order chi connectivity index (χ1) is 13.4. The smallest absolute Gasteiger partial charge is 0.269 e. The predicted molar refractivity (Wildman–Crippen MR) is 105 cm³/mol. The molecule has 0 saturated heterocycles. The molecule has 28 heavy (non-hydrogen) atoms. The summed E-state index contributed by atoms with van der Waals surface area (Å²) in [5, 5.41) is 5.93. The number of aromatic nitrogens is 1. The Balaban J connectivity index is 1.36. The van der Waals surface area contributed by atoms with Crippen LogP contribution in [0.4, 0.5) is 0 Å². The number of carbonyl (C=O) groups excluding carboxylic acids is 2. The molecule has 1 aromatic heterocycles. The second-order valence-corrected chi connectivity index (χ2v) is 9.87. The number of thiazole rings is 1. The standard InChI is InChI=1S/C19H21N3O4S2/c1-12-11-27-17(21-12)4-2-3-9-20-18(23)13-5-8-15-16(10-13)28(25,26)22(19(15)24)14-6-7-14/h5,8,10-11,14H,2-4,6-7,9H2,1H3,(H,20,23). The number of hydrogen-bond acceptors (Lipinski definition) is 6. The molecule has 0 unspecified atom stereocenters. The first kappa shape index (κ1) is 19.1. The molecular weight excluding hydrogens is 398 g/mol. The summed E-state index contributed by atoms with van der Waals surface area (Å²) in [6.07, 6.45) is 4.00. The Morgan fingerprint density at radius 1 is 1.32 bits per heavy atom. The Hall–Kier alpha value is -2.26. The topological polar surface area (TPSA) is 96.4 Å². The van der Waals surface area contributed by atoms with Gasteiger partial charge in [0.1, 0.15) is 4.90 Å². The number of aryl methyl sites for hydroxylation is 2. The third-order valence-corrected chi connectivity index (χ3v) is 7.76. The second-order valence-electron chi connectivity index (χ2n) is 7.14. The number of nitrogens with one attached hydrogen (secondary N) is 1. The van der Waals surface area contributed by atoms with Gasteiger partial charge in [-0.1, -0.05) is 0 Å². The van der Waals surface area contributed by atoms with Crippen LogP contribution in [0.25, 0.3) is 0 Å². The molecular formula is C19H21N3O4S2. The predicted octanol–water partition coefficient (Wildman–Crippen LogP) is 2.51. The minimum absolute atomic E-state index is 0.0591. The van der Waals surface area contributed by atoms with Crippen molar-refractivity contribution in [1.29, 1.82) is 0 Å². The lowest BCUT2D eigenvalue weighted by atomic mass is 10.1. The van der Waals surface area contributed by atoms with Crippen LogP contribution in [0.15, 0.2) is 28.5 Å². The van der Waals surface area contributed by atoms with Gasteiger partial charge >= 0.3 is 0 Å². The molecule has 1 aliphatic heterocycles. The number of carbonyl (C=O) groups is 2. The Bertz CT molecular complexity index is 1040. The lowest BCUT2D eigenvalue weighted by Crippen LogP contribution is -2.32. The largest absolute Gasteiger partial charge is 0.352 e. The zero-order valence-electron chi connectivity index (χ0n) is 15.5. The summed E-state index contributed by atoms with van der Waals surface area (Å²) in [6.45, 7) is 2.47. The van der Waals surface area contributed by atoms with Crippen LogP contribution < -0.4 is 5.32 Å². The highest BCUT2D eigenvalue weighted by atomic mass is 32.2. The molecule has 9 heteroatoms. The third kappa shape index (κ3) is 3.56. The Morgan fingerprint density at radius 3 is 2.79 bits per heavy atom. The van der Waals surface area contributed by atoms with Gasteiger partial charge in [0, 0.05) is 29.2 Å². The van der Waals surface area contributed by atoms with E-state index in [0.29, 0.717) is 19.4 Å². The van der Waals surface area contributed by atoms with Gasteiger partial charge in [0.05, 0.1) is 10.6 Å². The Labute approximate surface area is 167 Å². The summed E-state index contributed by atoms with van der Waals surface area (Å²) in [4.78, 5) is 29.1. The summed E-state index contributed by atoms with van der Waals surface area (Å²) in [6, 6.07) is 4.04. The maximum absolute atomic E-state index is 12.7. The van der Waals surface area contributed by atoms with Crippen molar-refractivity contribution in [2.75, 3.05) is 6.54 Å². The molecule has 1 aromatic carbocycles. The normalized spacial score (nSPS) is 17.6. The molecule has 2 aromatic rings. The molecule has 1 N–H and O–H groups in total. The molecule has 1 saturated carbocycles. The minimum Gasteiger partial charge on any atom is -0.352 e. The SMILES string of the molecule is Cc1csc(CCCCNC(=O)c2ccc3c(c2)S(=O)(=O)N(C2CC2)C3=O)n1. The first-order valence-corrected chi connectivity index (χ1v) is 11.6. The van der Waals surface area contributed by atoms with E-state index in [-0.39, 0.29) is 28.0 Å². The van der Waals surface area contributed by atoms with Crippen LogP contribution in [0, 0.1) is 6.92 Å². The second kappa shape index (κ2) is 7.29. The van der Waals surface area contributed by atoms with E-state index < -0.39 is 15.9 Å². The van der Waals surface area contributed by atoms with Crippen LogP contribution in [0.2, 0.25) is 0 Å². The lowest BCUT2D eigenvalue weighted by Gasteiger charge is -2.13. The van der Waals surface area contributed by atoms with E-state index in [0.717, 1.165) is 34.3 Å². The van der Waals surface area contributed by atoms with Gasteiger partial charge < -0.3 is 5.32 Å². The molecule has 0 radical (unpaired) electrons. The fraction of sp³-hybridized carbons (Fsp3) is 0.421. The van der Waals surface area contributed by atoms with Crippen molar-refractivity contribution in [2.45, 2.75) is 50.0 Å². The first-order valence-electron chi connectivity index (χ1n) is 9.30. The molecule has 4 rings (SSSR count). The average Bonchev–Trinajstić information content (AvgIpc) is 3.36. The van der Waals surface area contributed by atoms with Gasteiger partial charge in [-0.3, -0.25) is 9.59 Å². The van der Waals surface area contributed by atoms with E-state index in [2.05, 4.69) is 10.3 Å². The van der Waals surface area contributed by atoms with Gasteiger partial charge in [-0.25, -0.2) is 17.7 Å². The number of sulfonamides is 1. The molecule has 2 aliphatic rings. The van der Waals surface area contributed by atoms with Gasteiger partial charge in [-0.05, 0) is 57.2 Å². The van der Waals surface area contributed by atoms with Crippen molar-refractivity contribution < 1.29 is 18.0 Å². The van der Waals surface area contributed by atoms with Gasteiger partial charge in [0.15, 0.2) is 0 Å². The van der Waals surface area contributed by atoms with Crippen molar-refractivity contribution in [2.24, 2.45) is 0 Å². The molecule has 7 nitrogen and oxygen atoms in total. The van der Waals surface area contributed by atoms with E-state index in [9.17, 15) is 18.0 Å². The maximum Gasteiger partial charge on any atom is 0.269 e. The molecule has 148 valence electrons. The van der Waals surface area contributed by atoms with Crippen molar-refractivity contribution >= 4 is 33.2 Å². The lowest BCUT2D eigenvalue weighted by molar-refractivity contribution is 0.0863. The fourth-order valence-electron chi connectivity index (χ4n) is 3.28. The molecule has 0 atom stereocenters. The summed E-state index contributed by atoms with van der Waals surface area (Å²) < 4.78 is 26.3. The monoisotopic (exact) mass is 419 g/mol. The molecule has 0 spiro atoms. The van der Waals surface area contributed by atoms with Crippen LogP contribution in [-0.4, -0.2) is 42.1 Å². The van der Waals surface area contributed by atoms with Crippen LogP contribution in [0.5, 0.6) is 0 Å². The van der Waals surface area contributed by atoms with Gasteiger partial charge in [0.2, 0.25) is 0 Å². The van der Waals surface area contributed by atoms with Crippen LogP contribution >= 0.6 is 11.3 Å². The molecule has 0 bridgehead atoms. The van der Waals surface area contributed by atoms with Crippen LogP contribution in [0.1, 0.15) is 57.1 Å². The zero-order valence-corrected chi connectivity index (χ0v) is 17.1. The van der Waals surface area contributed by atoms with Crippen molar-refractivity contribution in [3.63, 3.8) is 0 Å². The highest BCUT2D eigenvalue weighted by molar-refractivity contribution is 7.90. The quantitative estimate of drug-likeness (QED) is 0.696. The number of rotatable bonds is 7. The van der Waals surface area contributed by atoms with Gasteiger partial charge in [-0.15, -0.1) is 11.3 Å². The zero-order chi connectivity index (χ0) is 19.9. The number of nitrogens with zero attached hydrogens (tertiary/aromatic N) is 2. The number of unbranched alkanes of at least 4 members (excludes halogenated alkanes) is 1. The maximum atomic E-state index is 12.7. The van der Waals surface area contributed by atoms with Crippen molar-refractivity contribution in [3.05, 3.63) is 45.4 Å². The van der Waals surface area contributed by atoms with Crippen molar-refractivity contribution in [1.82, 2.24) is 14.6 Å². The van der Waals surface area contributed by atoms with E-state index in [4.69, 9.17) is 0 Å². The highest BCUT2D eigenvalue weighted by Crippen LogP contribution is 2.39. The fourth-order valence-corrected chi connectivity index (χ4v) is 5.94. The average molecular weight is 420 g/mol. The molecule has 2 heterocycles. The van der Waals surface area contributed by atoms with E-state index in [1.54, 1.807) is 11.3 Å². The number of benzene rings is 1. The van der Waals surface area contributed by atoms with E-state index >= 15 is 0 Å². The van der Waals surface area contributed by atoms with E-state index in [1.165, 1.54) is 18.2 Å². The Morgan fingerprint density at radius 2 is 2.11 bits per heavy atom. The highest BCUT2D eigenvalue weighted by Gasteiger charge is 2.48. The summed E-state index contributed by atoms with van der Waals surface area (Å²) in [5.74, 6) is -0.817. The number of fused-ring (bicyclic) bond motifs is 1. The van der Waals surface area contributed by atoms with Gasteiger partial charge in [0.25, 0.3) is 21.8 Å². The Kier molecular flexibility index (Phi) is 4.96. The summed E-state index contributed by atoms with van der Waals surface area (Å²) in [7, 11) is -3.85. The van der Waals surface area contributed by atoms with Crippen LogP contribution in [-0.2, 0) is 16.4 Å². The summed E-state index contributed by atoms with van der Waals surface area (Å²) >= 11 is 1.64. The molecule has 2 amide bonds. The number of hydrogen-bond donors (Lipinski definition) is 1. The summed E-state index contributed by atoms with van der Waals surface area (Å²) in [5.41, 5.74) is 1.43. The van der Waals surface area contributed by atoms with Crippen LogP contribution in [0.3, 0.4) is 0 Å². The van der Waals surface area contributed by atoms with E-state index in [1.807, 2.05) is 12.3 Å². The minimum atomic E-state index is -3.85. The van der Waals surface area contributed by atoms with Crippen molar-refractivity contribution in [3.8, 4) is 0 Å². The third-order valence-electron chi connectivity index (χ3n) is 4.86. The molecule has 1 aliphatic carbocycles. The van der Waals surface area contributed by atoms with Gasteiger partial charge in [-0.2, -0.15) is 0 Å². The molecule has 1 fully saturated rings. The number of amides is 2.